The Morgan fingerprint density at radius 3 is 3.33 bits per heavy atom. The molecule has 0 saturated carbocycles. The van der Waals surface area contributed by atoms with Crippen LogP contribution in [-0.4, -0.2) is 4.57 Å². The Morgan fingerprint density at radius 1 is 1.89 bits per heavy atom. The van der Waals surface area contributed by atoms with Crippen LogP contribution in [0.1, 0.15) is 17.8 Å². The molecule has 0 bridgehead atoms. The maximum absolute atomic E-state index is 7.41. The van der Waals surface area contributed by atoms with Crippen molar-refractivity contribution >= 4 is 0 Å². The maximum atomic E-state index is 7.41. The lowest BCUT2D eigenvalue weighted by Crippen LogP contribution is -3.00. The summed E-state index contributed by atoms with van der Waals surface area (Å²) in [5.74, 6) is 0. The number of aromatic nitrogens is 2. The van der Waals surface area contributed by atoms with Crippen molar-refractivity contribution in [2.75, 3.05) is 0 Å². The molecule has 1 aromatic rings. The van der Waals surface area contributed by atoms with Crippen LogP contribution in [-0.2, 0) is 13.5 Å². The standard InChI is InChI=1S/C6H11N2.BrH/c1-3-8-5-4-7(2)6-8;/h4-6H,3H2,1-2H3;1H/q+1;/p-1/i1D3,2D3,3D2;. The van der Waals surface area contributed by atoms with Crippen molar-refractivity contribution in [3.05, 3.63) is 18.7 Å². The number of imidazole rings is 1. The average molecular weight is 199 g/mol. The van der Waals surface area contributed by atoms with E-state index in [0.29, 0.717) is 0 Å². The van der Waals surface area contributed by atoms with E-state index in [1.54, 1.807) is 0 Å². The van der Waals surface area contributed by atoms with Crippen LogP contribution < -0.4 is 21.5 Å². The van der Waals surface area contributed by atoms with Crippen LogP contribution in [0.15, 0.2) is 18.7 Å². The molecule has 0 aliphatic carbocycles. The molecule has 0 aromatic carbocycles. The number of hydrogen-bond donors (Lipinski definition) is 0. The van der Waals surface area contributed by atoms with Gasteiger partial charge in [0.25, 0.3) is 0 Å². The highest BCUT2D eigenvalue weighted by atomic mass is 79.9. The first-order chi connectivity index (χ1) is 6.96. The van der Waals surface area contributed by atoms with Gasteiger partial charge < -0.3 is 17.0 Å². The van der Waals surface area contributed by atoms with Gasteiger partial charge in [0.05, 0.1) is 20.3 Å². The molecule has 1 aromatic heterocycles. The molecule has 3 heteroatoms. The largest absolute Gasteiger partial charge is 1.00 e. The molecule has 0 spiro atoms. The first-order valence-electron chi connectivity index (χ1n) is 6.06. The van der Waals surface area contributed by atoms with Crippen LogP contribution in [0.4, 0.5) is 0 Å². The number of nitrogens with zero attached hydrogens (tertiary/aromatic N) is 2. The van der Waals surface area contributed by atoms with Crippen LogP contribution in [0.2, 0.25) is 0 Å². The SMILES string of the molecule is [2H]C([2H])([2H])[n+]1ccn(C([2H])([2H])C([2H])([2H])[2H])c1.[Br-]. The van der Waals surface area contributed by atoms with Gasteiger partial charge in [-0.3, -0.25) is 0 Å². The number of halogens is 1. The highest BCUT2D eigenvalue weighted by molar-refractivity contribution is 4.63. The zero-order valence-electron chi connectivity index (χ0n) is 12.5. The summed E-state index contributed by atoms with van der Waals surface area (Å²) >= 11 is 0. The molecule has 0 N–H and O–H groups in total. The van der Waals surface area contributed by atoms with Crippen LogP contribution in [0.25, 0.3) is 0 Å². The summed E-state index contributed by atoms with van der Waals surface area (Å²) in [6.07, 6.45) is 3.11. The van der Waals surface area contributed by atoms with Gasteiger partial charge >= 0.3 is 0 Å². The van der Waals surface area contributed by atoms with Crippen LogP contribution in [0.3, 0.4) is 0 Å². The van der Waals surface area contributed by atoms with E-state index < -0.39 is 20.3 Å². The van der Waals surface area contributed by atoms with Gasteiger partial charge in [-0.1, -0.05) is 0 Å². The minimum absolute atomic E-state index is 0. The lowest BCUT2D eigenvalue weighted by molar-refractivity contribution is -0.671. The van der Waals surface area contributed by atoms with Crippen LogP contribution in [0, 0.1) is 0 Å². The molecule has 0 amide bonds. The molecule has 2 nitrogen and oxygen atoms in total. The van der Waals surface area contributed by atoms with E-state index in [-0.39, 0.29) is 17.0 Å². The van der Waals surface area contributed by atoms with Crippen LogP contribution in [0.5, 0.6) is 0 Å². The Bertz CT molecular complexity index is 378. The van der Waals surface area contributed by atoms with E-state index in [0.717, 1.165) is 27.9 Å². The summed E-state index contributed by atoms with van der Waals surface area (Å²) < 4.78 is 58.6. The number of rotatable bonds is 1. The molecule has 1 rings (SSSR count). The predicted octanol–water partition coefficient (Wildman–Crippen LogP) is -2.66. The molecular formula is C6H11BrN2. The summed E-state index contributed by atoms with van der Waals surface area (Å²) in [6.45, 7) is -7.95. The fraction of sp³-hybridized carbons (Fsp3) is 0.500. The Morgan fingerprint density at radius 2 is 2.78 bits per heavy atom. The van der Waals surface area contributed by atoms with Crippen molar-refractivity contribution < 1.29 is 32.5 Å². The molecule has 9 heavy (non-hydrogen) atoms. The van der Waals surface area contributed by atoms with Gasteiger partial charge in [-0.05, 0) is 6.85 Å². The summed E-state index contributed by atoms with van der Waals surface area (Å²) in [5.41, 5.74) is 0. The number of hydrogen-bond acceptors (Lipinski definition) is 0. The van der Waals surface area contributed by atoms with Gasteiger partial charge in [-0.25, -0.2) is 9.13 Å². The first kappa shape index (κ1) is 2.09. The highest BCUT2D eigenvalue weighted by Gasteiger charge is 1.92. The molecule has 0 atom stereocenters. The molecule has 0 aliphatic heterocycles. The summed E-state index contributed by atoms with van der Waals surface area (Å²) in [6, 6.07) is 0. The van der Waals surface area contributed by atoms with Gasteiger partial charge in [0.1, 0.15) is 12.4 Å². The fourth-order valence-electron chi connectivity index (χ4n) is 0.421. The van der Waals surface area contributed by atoms with Crippen molar-refractivity contribution in [3.63, 3.8) is 0 Å². The van der Waals surface area contributed by atoms with E-state index in [9.17, 15) is 0 Å². The summed E-state index contributed by atoms with van der Waals surface area (Å²) in [7, 11) is 0. The van der Waals surface area contributed by atoms with Gasteiger partial charge in [0.2, 0.25) is 6.33 Å². The Labute approximate surface area is 77.1 Å². The minimum Gasteiger partial charge on any atom is -1.00 e. The van der Waals surface area contributed by atoms with Gasteiger partial charge in [-0.15, -0.1) is 0 Å². The second-order valence-corrected chi connectivity index (χ2v) is 1.34. The van der Waals surface area contributed by atoms with Gasteiger partial charge in [-0.2, -0.15) is 0 Å². The van der Waals surface area contributed by atoms with Crippen LogP contribution >= 0.6 is 0 Å². The van der Waals surface area contributed by atoms with E-state index in [4.69, 9.17) is 11.0 Å². The second kappa shape index (κ2) is 3.67. The monoisotopic (exact) mass is 198 g/mol. The van der Waals surface area contributed by atoms with Crippen molar-refractivity contribution in [1.82, 2.24) is 4.57 Å². The Hall–Kier alpha value is -0.310. The maximum Gasteiger partial charge on any atom is 0.243 e. The molecule has 1 heterocycles. The van der Waals surface area contributed by atoms with E-state index in [1.165, 1.54) is 0 Å². The molecule has 0 aliphatic rings. The Balaban J connectivity index is 0.00000256. The molecule has 0 fully saturated rings. The molecule has 0 saturated heterocycles. The van der Waals surface area contributed by atoms with E-state index in [2.05, 4.69) is 0 Å². The molecule has 0 unspecified atom stereocenters. The Kier molecular flexibility index (Phi) is 0.850. The topological polar surface area (TPSA) is 8.81 Å². The first-order valence-corrected chi connectivity index (χ1v) is 2.06. The normalized spacial score (nSPS) is 26.2. The fourth-order valence-corrected chi connectivity index (χ4v) is 0.421. The lowest BCUT2D eigenvalue weighted by Gasteiger charge is -1.81. The van der Waals surface area contributed by atoms with Crippen molar-refractivity contribution in [3.8, 4) is 0 Å². The van der Waals surface area contributed by atoms with Crippen molar-refractivity contribution in [2.24, 2.45) is 6.98 Å². The zero-order chi connectivity index (χ0) is 12.8. The third-order valence-corrected chi connectivity index (χ3v) is 0.766. The minimum atomic E-state index is -2.86. The second-order valence-electron chi connectivity index (χ2n) is 1.34. The summed E-state index contributed by atoms with van der Waals surface area (Å²) in [4.78, 5) is 0. The zero-order valence-corrected chi connectivity index (χ0v) is 6.09. The quantitative estimate of drug-likeness (QED) is 0.436. The third-order valence-electron chi connectivity index (χ3n) is 0.766. The lowest BCUT2D eigenvalue weighted by atomic mass is 10.7. The van der Waals surface area contributed by atoms with Gasteiger partial charge in [0.15, 0.2) is 0 Å². The predicted molar refractivity (Wildman–Crippen MR) is 31.3 cm³/mol. The van der Waals surface area contributed by atoms with Crippen molar-refractivity contribution in [1.29, 1.82) is 0 Å². The van der Waals surface area contributed by atoms with Gasteiger partial charge in [0, 0.05) is 4.11 Å². The van der Waals surface area contributed by atoms with E-state index >= 15 is 0 Å². The third kappa shape index (κ3) is 2.18. The molecule has 0 radical (unpaired) electrons. The molecule has 52 valence electrons. The van der Waals surface area contributed by atoms with E-state index in [1.807, 2.05) is 0 Å². The molecular weight excluding hydrogens is 180 g/mol. The summed E-state index contributed by atoms with van der Waals surface area (Å²) in [5, 5.41) is 0. The number of aryl methyl sites for hydroxylation is 2. The average Bonchev–Trinajstić information content (AvgIpc) is 2.47. The van der Waals surface area contributed by atoms with Crippen molar-refractivity contribution in [2.45, 2.75) is 13.3 Å². The smallest absolute Gasteiger partial charge is 0.243 e. The highest BCUT2D eigenvalue weighted by Crippen LogP contribution is 1.79.